The molecule has 144 valence electrons. The summed E-state index contributed by atoms with van der Waals surface area (Å²) in [6, 6.07) is 9.74. The minimum Gasteiger partial charge on any atom is -0.376 e. The normalized spacial score (nSPS) is 18.4. The Morgan fingerprint density at radius 1 is 1.15 bits per heavy atom. The summed E-state index contributed by atoms with van der Waals surface area (Å²) in [5.74, 6) is -1.94. The zero-order valence-electron chi connectivity index (χ0n) is 16.1. The number of ketones is 2. The van der Waals surface area contributed by atoms with Crippen LogP contribution in [0.4, 0.5) is 0 Å². The highest BCUT2D eigenvalue weighted by Crippen LogP contribution is 2.43. The van der Waals surface area contributed by atoms with Gasteiger partial charge >= 0.3 is 0 Å². The van der Waals surface area contributed by atoms with Gasteiger partial charge in [0.15, 0.2) is 11.6 Å². The van der Waals surface area contributed by atoms with Crippen molar-refractivity contribution in [3.8, 4) is 0 Å². The number of benzene rings is 1. The second-order valence-corrected chi connectivity index (χ2v) is 6.97. The summed E-state index contributed by atoms with van der Waals surface area (Å²) in [4.78, 5) is 25.6. The van der Waals surface area contributed by atoms with E-state index in [0.29, 0.717) is 32.7 Å². The zero-order chi connectivity index (χ0) is 19.0. The molecule has 1 fully saturated rings. The molecule has 26 heavy (non-hydrogen) atoms. The molecule has 1 aromatic rings. The van der Waals surface area contributed by atoms with E-state index in [4.69, 9.17) is 14.2 Å². The largest absolute Gasteiger partial charge is 0.376 e. The molecule has 0 aliphatic carbocycles. The van der Waals surface area contributed by atoms with Gasteiger partial charge in [-0.2, -0.15) is 0 Å². The molecule has 0 bridgehead atoms. The Hall–Kier alpha value is -1.56. The number of ether oxygens (including phenoxy) is 3. The molecule has 0 saturated carbocycles. The third kappa shape index (κ3) is 4.40. The van der Waals surface area contributed by atoms with E-state index in [-0.39, 0.29) is 18.8 Å². The third-order valence-electron chi connectivity index (χ3n) is 5.07. The number of rotatable bonds is 11. The van der Waals surface area contributed by atoms with Crippen LogP contribution in [0, 0.1) is 5.41 Å². The summed E-state index contributed by atoms with van der Waals surface area (Å²) in [7, 11) is 0. The topological polar surface area (TPSA) is 61.8 Å². The van der Waals surface area contributed by atoms with E-state index in [1.807, 2.05) is 44.2 Å². The second kappa shape index (κ2) is 9.40. The molecule has 0 N–H and O–H groups in total. The Bertz CT molecular complexity index is 592. The first-order chi connectivity index (χ1) is 12.5. The molecule has 0 radical (unpaired) electrons. The van der Waals surface area contributed by atoms with Gasteiger partial charge in [0.1, 0.15) is 5.41 Å². The maximum Gasteiger partial charge on any atom is 0.211 e. The highest BCUT2D eigenvalue weighted by molar-refractivity contribution is 6.39. The van der Waals surface area contributed by atoms with E-state index in [2.05, 4.69) is 0 Å². The fraction of sp³-hybridized carbons (Fsp3) is 0.619. The molecule has 0 aromatic heterocycles. The predicted molar refractivity (Wildman–Crippen MR) is 98.7 cm³/mol. The summed E-state index contributed by atoms with van der Waals surface area (Å²) in [5.41, 5.74) is -0.156. The molecule has 1 saturated heterocycles. The molecule has 5 nitrogen and oxygen atoms in total. The Kier molecular flexibility index (Phi) is 7.50. The first-order valence-corrected chi connectivity index (χ1v) is 9.46. The number of hydrogen-bond donors (Lipinski definition) is 0. The molecular formula is C21H30O5. The highest BCUT2D eigenvalue weighted by Gasteiger charge is 2.58. The van der Waals surface area contributed by atoms with Crippen molar-refractivity contribution in [3.05, 3.63) is 35.9 Å². The molecule has 1 aliphatic heterocycles. The molecule has 0 amide bonds. The fourth-order valence-electron chi connectivity index (χ4n) is 3.42. The van der Waals surface area contributed by atoms with Gasteiger partial charge in [0.05, 0.1) is 26.4 Å². The molecule has 1 aromatic carbocycles. The summed E-state index contributed by atoms with van der Waals surface area (Å²) >= 11 is 0. The van der Waals surface area contributed by atoms with Crippen LogP contribution in [0.3, 0.4) is 0 Å². The van der Waals surface area contributed by atoms with Crippen LogP contribution >= 0.6 is 0 Å². The van der Waals surface area contributed by atoms with Crippen molar-refractivity contribution in [2.75, 3.05) is 19.8 Å². The van der Waals surface area contributed by atoms with Crippen molar-refractivity contribution in [1.29, 1.82) is 0 Å². The summed E-state index contributed by atoms with van der Waals surface area (Å²) in [6.07, 6.45) is 2.30. The third-order valence-corrected chi connectivity index (χ3v) is 5.07. The zero-order valence-corrected chi connectivity index (χ0v) is 16.1. The van der Waals surface area contributed by atoms with Gasteiger partial charge in [-0.3, -0.25) is 9.59 Å². The standard InChI is InChI=1S/C21H30O5/c1-4-6-12-18(22)19(23)20(3,21(5-2)25-13-14-26-21)16-24-15-17-10-8-7-9-11-17/h7-11H,4-6,12-16H2,1-3H3/t20-/m0/s1. The number of hydrogen-bond acceptors (Lipinski definition) is 5. The Labute approximate surface area is 156 Å². The maximum absolute atomic E-state index is 13.1. The van der Waals surface area contributed by atoms with Crippen LogP contribution in [0.5, 0.6) is 0 Å². The first kappa shape index (κ1) is 20.7. The van der Waals surface area contributed by atoms with Gasteiger partial charge in [0.2, 0.25) is 5.78 Å². The van der Waals surface area contributed by atoms with Gasteiger partial charge in [0.25, 0.3) is 0 Å². The van der Waals surface area contributed by atoms with Gasteiger partial charge < -0.3 is 14.2 Å². The summed E-state index contributed by atoms with van der Waals surface area (Å²) in [5, 5.41) is 0. The lowest BCUT2D eigenvalue weighted by atomic mass is 9.74. The van der Waals surface area contributed by atoms with Crippen molar-refractivity contribution in [2.45, 2.75) is 58.8 Å². The smallest absolute Gasteiger partial charge is 0.211 e. The van der Waals surface area contributed by atoms with Crippen molar-refractivity contribution < 1.29 is 23.8 Å². The van der Waals surface area contributed by atoms with Gasteiger partial charge in [-0.1, -0.05) is 50.6 Å². The number of carbonyl (C=O) groups excluding carboxylic acids is 2. The SMILES string of the molecule is CCCCC(=O)C(=O)[C@](C)(COCc1ccccc1)C1(CC)OCCO1. The van der Waals surface area contributed by atoms with Crippen LogP contribution in [0.25, 0.3) is 0 Å². The number of carbonyl (C=O) groups is 2. The minimum atomic E-state index is -1.17. The van der Waals surface area contributed by atoms with E-state index in [1.54, 1.807) is 6.92 Å². The van der Waals surface area contributed by atoms with Crippen molar-refractivity contribution in [3.63, 3.8) is 0 Å². The molecule has 0 spiro atoms. The van der Waals surface area contributed by atoms with Gasteiger partial charge in [-0.15, -0.1) is 0 Å². The monoisotopic (exact) mass is 362 g/mol. The predicted octanol–water partition coefficient (Wildman–Crippen LogP) is 3.69. The molecule has 2 rings (SSSR count). The average Bonchev–Trinajstić information content (AvgIpc) is 3.17. The quantitative estimate of drug-likeness (QED) is 0.562. The van der Waals surface area contributed by atoms with Crippen LogP contribution in [-0.2, 0) is 30.4 Å². The molecular weight excluding hydrogens is 332 g/mol. The average molecular weight is 362 g/mol. The molecule has 1 heterocycles. The van der Waals surface area contributed by atoms with Crippen molar-refractivity contribution in [2.24, 2.45) is 5.41 Å². The van der Waals surface area contributed by atoms with Crippen LogP contribution in [0.2, 0.25) is 0 Å². The lowest BCUT2D eigenvalue weighted by molar-refractivity contribution is -0.241. The molecule has 5 heteroatoms. The van der Waals surface area contributed by atoms with Crippen LogP contribution in [0.15, 0.2) is 30.3 Å². The van der Waals surface area contributed by atoms with E-state index >= 15 is 0 Å². The maximum atomic E-state index is 13.1. The Morgan fingerprint density at radius 2 is 1.81 bits per heavy atom. The molecule has 1 aliphatic rings. The lowest BCUT2D eigenvalue weighted by Crippen LogP contribution is -2.56. The van der Waals surface area contributed by atoms with E-state index < -0.39 is 17.0 Å². The lowest BCUT2D eigenvalue weighted by Gasteiger charge is -2.42. The fourth-order valence-corrected chi connectivity index (χ4v) is 3.42. The van der Waals surface area contributed by atoms with Crippen LogP contribution < -0.4 is 0 Å². The van der Waals surface area contributed by atoms with Crippen molar-refractivity contribution >= 4 is 11.6 Å². The van der Waals surface area contributed by atoms with Gasteiger partial charge in [-0.05, 0) is 25.3 Å². The Balaban J connectivity index is 2.17. The summed E-state index contributed by atoms with van der Waals surface area (Å²) in [6.45, 7) is 6.91. The van der Waals surface area contributed by atoms with Crippen LogP contribution in [0.1, 0.15) is 52.0 Å². The molecule has 1 atom stereocenters. The Morgan fingerprint density at radius 3 is 2.38 bits per heavy atom. The van der Waals surface area contributed by atoms with Gasteiger partial charge in [-0.25, -0.2) is 0 Å². The van der Waals surface area contributed by atoms with E-state index in [9.17, 15) is 9.59 Å². The van der Waals surface area contributed by atoms with E-state index in [0.717, 1.165) is 12.0 Å². The minimum absolute atomic E-state index is 0.0758. The summed E-state index contributed by atoms with van der Waals surface area (Å²) < 4.78 is 17.6. The van der Waals surface area contributed by atoms with E-state index in [1.165, 1.54) is 0 Å². The molecule has 0 unspecified atom stereocenters. The van der Waals surface area contributed by atoms with Crippen molar-refractivity contribution in [1.82, 2.24) is 0 Å². The number of unbranched alkanes of at least 4 members (excludes halogenated alkanes) is 1. The highest BCUT2D eigenvalue weighted by atomic mass is 16.7. The number of Topliss-reactive ketones (excluding diaryl/α,β-unsaturated/α-hetero) is 2. The van der Waals surface area contributed by atoms with Crippen LogP contribution in [-0.4, -0.2) is 37.2 Å². The first-order valence-electron chi connectivity index (χ1n) is 9.46. The second-order valence-electron chi connectivity index (χ2n) is 6.97. The van der Waals surface area contributed by atoms with Gasteiger partial charge in [0, 0.05) is 6.42 Å².